The van der Waals surface area contributed by atoms with Gasteiger partial charge in [0.15, 0.2) is 0 Å². The van der Waals surface area contributed by atoms with Crippen molar-refractivity contribution < 1.29 is 9.59 Å². The van der Waals surface area contributed by atoms with Crippen LogP contribution in [0.5, 0.6) is 0 Å². The molecule has 0 atom stereocenters. The summed E-state index contributed by atoms with van der Waals surface area (Å²) in [6.45, 7) is 4.87. The molecule has 0 aromatic heterocycles. The summed E-state index contributed by atoms with van der Waals surface area (Å²) in [5.74, 6) is 0.267. The minimum absolute atomic E-state index is 0.0731. The zero-order chi connectivity index (χ0) is 12.9. The fourth-order valence-electron chi connectivity index (χ4n) is 1.38. The second-order valence-corrected chi connectivity index (χ2v) is 4.11. The summed E-state index contributed by atoms with van der Waals surface area (Å²) in [6, 6.07) is 0. The molecule has 100 valence electrons. The van der Waals surface area contributed by atoms with Gasteiger partial charge in [-0.25, -0.2) is 0 Å². The molecule has 0 aliphatic carbocycles. The van der Waals surface area contributed by atoms with E-state index in [0.717, 1.165) is 32.5 Å². The molecule has 0 radical (unpaired) electrons. The maximum Gasteiger partial charge on any atom is 0.220 e. The molecule has 0 aromatic rings. The molecule has 0 heterocycles. The van der Waals surface area contributed by atoms with Crippen LogP contribution < -0.4 is 16.0 Å². The fraction of sp³-hybridized carbons (Fsp3) is 0.833. The third-order valence-corrected chi connectivity index (χ3v) is 2.36. The number of carbonyl (C=O) groups excluding carboxylic acids is 2. The predicted molar refractivity (Wildman–Crippen MR) is 69.0 cm³/mol. The van der Waals surface area contributed by atoms with Gasteiger partial charge in [-0.05, 0) is 26.8 Å². The Hall–Kier alpha value is -0.940. The summed E-state index contributed by atoms with van der Waals surface area (Å²) in [6.07, 6.45) is 2.70. The zero-order valence-corrected chi connectivity index (χ0v) is 11.0. The average molecular weight is 243 g/mol. The lowest BCUT2D eigenvalue weighted by Gasteiger charge is -2.06. The lowest BCUT2D eigenvalue weighted by Crippen LogP contribution is -2.34. The Morgan fingerprint density at radius 2 is 1.59 bits per heavy atom. The quantitative estimate of drug-likeness (QED) is 0.449. The van der Waals surface area contributed by atoms with E-state index in [1.54, 1.807) is 6.92 Å². The molecule has 0 unspecified atom stereocenters. The highest BCUT2D eigenvalue weighted by Crippen LogP contribution is 1.99. The third-order valence-electron chi connectivity index (χ3n) is 2.36. The van der Waals surface area contributed by atoms with Gasteiger partial charge in [0.05, 0.1) is 0 Å². The van der Waals surface area contributed by atoms with Crippen LogP contribution in [-0.4, -0.2) is 44.9 Å². The first-order chi connectivity index (χ1) is 8.16. The van der Waals surface area contributed by atoms with Crippen molar-refractivity contribution >= 4 is 11.7 Å². The maximum atomic E-state index is 11.3. The topological polar surface area (TPSA) is 70.2 Å². The molecule has 17 heavy (non-hydrogen) atoms. The van der Waals surface area contributed by atoms with Gasteiger partial charge >= 0.3 is 0 Å². The van der Waals surface area contributed by atoms with Crippen LogP contribution in [0.25, 0.3) is 0 Å². The van der Waals surface area contributed by atoms with Crippen molar-refractivity contribution in [1.29, 1.82) is 0 Å². The summed E-state index contributed by atoms with van der Waals surface area (Å²) in [7, 11) is 1.91. The van der Waals surface area contributed by atoms with E-state index in [9.17, 15) is 9.59 Å². The summed E-state index contributed by atoms with van der Waals surface area (Å²) in [5.41, 5.74) is 0. The highest BCUT2D eigenvalue weighted by Gasteiger charge is 2.00. The van der Waals surface area contributed by atoms with Crippen LogP contribution in [-0.2, 0) is 9.59 Å². The molecule has 1 amide bonds. The van der Waals surface area contributed by atoms with Crippen LogP contribution in [0.3, 0.4) is 0 Å². The van der Waals surface area contributed by atoms with Crippen LogP contribution >= 0.6 is 0 Å². The van der Waals surface area contributed by atoms with Gasteiger partial charge in [-0.15, -0.1) is 0 Å². The number of hydrogen-bond donors (Lipinski definition) is 3. The van der Waals surface area contributed by atoms with Crippen LogP contribution in [0.2, 0.25) is 0 Å². The first kappa shape index (κ1) is 16.1. The van der Waals surface area contributed by atoms with Gasteiger partial charge in [-0.1, -0.05) is 0 Å². The molecule has 5 nitrogen and oxygen atoms in total. The molecule has 0 rings (SSSR count). The molecule has 0 spiro atoms. The van der Waals surface area contributed by atoms with E-state index in [4.69, 9.17) is 0 Å². The normalized spacial score (nSPS) is 10.2. The molecule has 0 aromatic carbocycles. The van der Waals surface area contributed by atoms with Gasteiger partial charge in [0.1, 0.15) is 5.78 Å². The first-order valence-corrected chi connectivity index (χ1v) is 6.28. The molecule has 0 bridgehead atoms. The van der Waals surface area contributed by atoms with Crippen molar-refractivity contribution in [3.05, 3.63) is 0 Å². The molecule has 3 N–H and O–H groups in total. The molecule has 0 aliphatic heterocycles. The number of Topliss-reactive ketones (excluding diaryl/α,β-unsaturated/α-hetero) is 1. The van der Waals surface area contributed by atoms with Crippen molar-refractivity contribution in [1.82, 2.24) is 16.0 Å². The van der Waals surface area contributed by atoms with Gasteiger partial charge in [-0.3, -0.25) is 4.79 Å². The van der Waals surface area contributed by atoms with Gasteiger partial charge in [-0.2, -0.15) is 0 Å². The number of hydrogen-bond acceptors (Lipinski definition) is 4. The Bertz CT molecular complexity index is 220. The van der Waals surface area contributed by atoms with E-state index in [2.05, 4.69) is 16.0 Å². The number of unbranched alkanes of at least 4 members (excludes halogenated alkanes) is 1. The average Bonchev–Trinajstić information content (AvgIpc) is 2.29. The lowest BCUT2D eigenvalue weighted by molar-refractivity contribution is -0.121. The summed E-state index contributed by atoms with van der Waals surface area (Å²) in [5, 5.41) is 9.08. The maximum absolute atomic E-state index is 11.3. The molecular weight excluding hydrogens is 218 g/mol. The van der Waals surface area contributed by atoms with E-state index in [0.29, 0.717) is 19.4 Å². The lowest BCUT2D eigenvalue weighted by atomic mass is 10.1. The molecule has 0 saturated heterocycles. The number of nitrogens with one attached hydrogen (secondary N) is 3. The molecule has 0 saturated carbocycles. The Balaban J connectivity index is 3.20. The third kappa shape index (κ3) is 13.0. The Morgan fingerprint density at radius 3 is 2.24 bits per heavy atom. The number of carbonyl (C=O) groups is 2. The highest BCUT2D eigenvalue weighted by atomic mass is 16.1. The van der Waals surface area contributed by atoms with Gasteiger partial charge < -0.3 is 20.7 Å². The first-order valence-electron chi connectivity index (χ1n) is 6.28. The second-order valence-electron chi connectivity index (χ2n) is 4.11. The van der Waals surface area contributed by atoms with Crippen LogP contribution in [0.4, 0.5) is 0 Å². The Kier molecular flexibility index (Phi) is 10.9. The predicted octanol–water partition coefficient (Wildman–Crippen LogP) is 0.0610. The SMILES string of the molecule is CNCCNCCNC(=O)CCCCC(C)=O. The summed E-state index contributed by atoms with van der Waals surface area (Å²) < 4.78 is 0. The van der Waals surface area contributed by atoms with Crippen molar-refractivity contribution in [2.45, 2.75) is 32.6 Å². The van der Waals surface area contributed by atoms with E-state index in [-0.39, 0.29) is 11.7 Å². The molecule has 0 aliphatic rings. The van der Waals surface area contributed by atoms with E-state index >= 15 is 0 Å². The minimum Gasteiger partial charge on any atom is -0.355 e. The standard InChI is InChI=1S/C12H25N3O2/c1-11(16)5-3-4-6-12(17)15-10-9-14-8-7-13-2/h13-14H,3-10H2,1-2H3,(H,15,17). The Labute approximate surface area is 104 Å². The molecule has 5 heteroatoms. The largest absolute Gasteiger partial charge is 0.355 e. The van der Waals surface area contributed by atoms with Gasteiger partial charge in [0.25, 0.3) is 0 Å². The number of ketones is 1. The number of amides is 1. The monoisotopic (exact) mass is 243 g/mol. The van der Waals surface area contributed by atoms with Crippen LogP contribution in [0.1, 0.15) is 32.6 Å². The van der Waals surface area contributed by atoms with Crippen molar-refractivity contribution in [3.63, 3.8) is 0 Å². The zero-order valence-electron chi connectivity index (χ0n) is 11.0. The highest BCUT2D eigenvalue weighted by molar-refractivity contribution is 5.76. The number of likely N-dealkylation sites (N-methyl/N-ethyl adjacent to an activating group) is 1. The van der Waals surface area contributed by atoms with E-state index in [1.165, 1.54) is 0 Å². The summed E-state index contributed by atoms with van der Waals surface area (Å²) in [4.78, 5) is 22.0. The van der Waals surface area contributed by atoms with Crippen molar-refractivity contribution in [3.8, 4) is 0 Å². The minimum atomic E-state index is 0.0731. The smallest absolute Gasteiger partial charge is 0.220 e. The number of rotatable bonds is 11. The summed E-state index contributed by atoms with van der Waals surface area (Å²) >= 11 is 0. The van der Waals surface area contributed by atoms with Crippen molar-refractivity contribution in [2.24, 2.45) is 0 Å². The molecule has 0 fully saturated rings. The Morgan fingerprint density at radius 1 is 0.941 bits per heavy atom. The van der Waals surface area contributed by atoms with Gasteiger partial charge in [0.2, 0.25) is 5.91 Å². The fourth-order valence-corrected chi connectivity index (χ4v) is 1.38. The second kappa shape index (κ2) is 11.5. The van der Waals surface area contributed by atoms with Crippen LogP contribution in [0, 0.1) is 0 Å². The van der Waals surface area contributed by atoms with E-state index < -0.39 is 0 Å². The van der Waals surface area contributed by atoms with Crippen molar-refractivity contribution in [2.75, 3.05) is 33.2 Å². The molecular formula is C12H25N3O2. The van der Waals surface area contributed by atoms with Gasteiger partial charge in [0, 0.05) is 39.0 Å². The van der Waals surface area contributed by atoms with Crippen LogP contribution in [0.15, 0.2) is 0 Å². The van der Waals surface area contributed by atoms with E-state index in [1.807, 2.05) is 7.05 Å².